The van der Waals surface area contributed by atoms with Gasteiger partial charge in [0.2, 0.25) is 5.95 Å². The first-order valence-electron chi connectivity index (χ1n) is 8.39. The van der Waals surface area contributed by atoms with Crippen molar-refractivity contribution in [1.29, 1.82) is 0 Å². The molecule has 6 heteroatoms. The molecule has 0 radical (unpaired) electrons. The Morgan fingerprint density at radius 2 is 1.85 bits per heavy atom. The molecule has 1 aromatic heterocycles. The van der Waals surface area contributed by atoms with Crippen LogP contribution < -0.4 is 15.8 Å². The molecular weight excluding hydrogens is 326 g/mol. The van der Waals surface area contributed by atoms with Crippen molar-refractivity contribution in [3.05, 3.63) is 66.2 Å². The van der Waals surface area contributed by atoms with Crippen LogP contribution in [0.1, 0.15) is 11.7 Å². The maximum atomic E-state index is 6.08. The Morgan fingerprint density at radius 1 is 1.04 bits per heavy atom. The standard InChI is InChI=1S/C20H17N5O/c1-26-16-11-10-12-6-2-3-7-13(12)17(16)18-23-19(21)24-20-22-14-8-4-5-9-15(14)25(18)20/h2-11,18H,1H3,(H3,21,22,23,24). The first-order chi connectivity index (χ1) is 12.8. The first-order valence-corrected chi connectivity index (χ1v) is 8.39. The summed E-state index contributed by atoms with van der Waals surface area (Å²) in [5.74, 6) is 1.79. The van der Waals surface area contributed by atoms with Crippen molar-refractivity contribution in [2.75, 3.05) is 12.4 Å². The lowest BCUT2D eigenvalue weighted by atomic mass is 10.0. The van der Waals surface area contributed by atoms with Crippen LogP contribution in [0.3, 0.4) is 0 Å². The first kappa shape index (κ1) is 14.8. The van der Waals surface area contributed by atoms with Gasteiger partial charge in [0.1, 0.15) is 5.75 Å². The molecule has 26 heavy (non-hydrogen) atoms. The number of anilines is 1. The Morgan fingerprint density at radius 3 is 2.73 bits per heavy atom. The number of aliphatic imine (C=N–C) groups is 1. The molecular formula is C20H17N5O. The van der Waals surface area contributed by atoms with E-state index >= 15 is 0 Å². The highest BCUT2D eigenvalue weighted by Crippen LogP contribution is 2.40. The Kier molecular flexibility index (Phi) is 3.12. The average Bonchev–Trinajstić information content (AvgIpc) is 3.04. The predicted octanol–water partition coefficient (Wildman–Crippen LogP) is 3.49. The Hall–Kier alpha value is -3.54. The second-order valence-corrected chi connectivity index (χ2v) is 6.21. The van der Waals surface area contributed by atoms with Crippen LogP contribution in [0.25, 0.3) is 21.8 Å². The van der Waals surface area contributed by atoms with E-state index in [2.05, 4.69) is 33.1 Å². The number of para-hydroxylation sites is 2. The minimum absolute atomic E-state index is 0.341. The number of benzene rings is 3. The molecule has 0 fully saturated rings. The number of methoxy groups -OCH3 is 1. The lowest BCUT2D eigenvalue weighted by molar-refractivity contribution is 0.404. The summed E-state index contributed by atoms with van der Waals surface area (Å²) in [7, 11) is 1.68. The zero-order chi connectivity index (χ0) is 17.7. The third-order valence-corrected chi connectivity index (χ3v) is 4.75. The van der Waals surface area contributed by atoms with Crippen LogP contribution >= 0.6 is 0 Å². The topological polar surface area (TPSA) is 77.5 Å². The third kappa shape index (κ3) is 2.05. The Labute approximate surface area is 149 Å². The Balaban J connectivity index is 1.87. The van der Waals surface area contributed by atoms with Crippen molar-refractivity contribution in [2.45, 2.75) is 6.17 Å². The number of aromatic nitrogens is 2. The molecule has 0 aliphatic carbocycles. The van der Waals surface area contributed by atoms with Gasteiger partial charge in [-0.05, 0) is 29.0 Å². The number of hydrogen-bond acceptors (Lipinski definition) is 5. The van der Waals surface area contributed by atoms with Crippen LogP contribution in [0.4, 0.5) is 5.95 Å². The van der Waals surface area contributed by atoms with Gasteiger partial charge in [0, 0.05) is 5.56 Å². The molecule has 0 saturated heterocycles. The molecule has 3 aromatic carbocycles. The summed E-state index contributed by atoms with van der Waals surface area (Å²) in [5.41, 5.74) is 8.94. The molecule has 4 aromatic rings. The molecule has 0 spiro atoms. The molecule has 0 bridgehead atoms. The summed E-state index contributed by atoms with van der Waals surface area (Å²) >= 11 is 0. The van der Waals surface area contributed by atoms with E-state index < -0.39 is 0 Å². The fourth-order valence-corrected chi connectivity index (χ4v) is 3.63. The fraction of sp³-hybridized carbons (Fsp3) is 0.100. The highest BCUT2D eigenvalue weighted by molar-refractivity contribution is 5.96. The summed E-state index contributed by atoms with van der Waals surface area (Å²) in [6.45, 7) is 0. The zero-order valence-corrected chi connectivity index (χ0v) is 14.2. The fourth-order valence-electron chi connectivity index (χ4n) is 3.63. The minimum Gasteiger partial charge on any atom is -0.496 e. The van der Waals surface area contributed by atoms with Gasteiger partial charge in [0.15, 0.2) is 12.1 Å². The summed E-state index contributed by atoms with van der Waals surface area (Å²) in [6.07, 6.45) is -0.361. The minimum atomic E-state index is -0.361. The smallest absolute Gasteiger partial charge is 0.212 e. The van der Waals surface area contributed by atoms with E-state index in [1.165, 1.54) is 0 Å². The molecule has 5 rings (SSSR count). The van der Waals surface area contributed by atoms with E-state index in [0.717, 1.165) is 33.1 Å². The third-order valence-electron chi connectivity index (χ3n) is 4.75. The van der Waals surface area contributed by atoms with Gasteiger partial charge in [-0.1, -0.05) is 42.5 Å². The van der Waals surface area contributed by atoms with Gasteiger partial charge < -0.3 is 10.5 Å². The van der Waals surface area contributed by atoms with E-state index in [4.69, 9.17) is 15.5 Å². The van der Waals surface area contributed by atoms with Gasteiger partial charge in [-0.3, -0.25) is 9.88 Å². The normalized spacial score (nSPS) is 16.2. The van der Waals surface area contributed by atoms with E-state index in [9.17, 15) is 0 Å². The Bertz CT molecular complexity index is 1180. The highest BCUT2D eigenvalue weighted by Gasteiger charge is 2.28. The molecule has 128 valence electrons. The number of nitrogens with one attached hydrogen (secondary N) is 1. The van der Waals surface area contributed by atoms with E-state index in [0.29, 0.717) is 11.9 Å². The van der Waals surface area contributed by atoms with Crippen LogP contribution in [-0.2, 0) is 0 Å². The number of nitrogens with zero attached hydrogens (tertiary/aromatic N) is 3. The number of rotatable bonds is 2. The maximum Gasteiger partial charge on any atom is 0.212 e. The van der Waals surface area contributed by atoms with Crippen LogP contribution in [0.2, 0.25) is 0 Å². The number of hydrogen-bond donors (Lipinski definition) is 2. The van der Waals surface area contributed by atoms with Crippen molar-refractivity contribution in [1.82, 2.24) is 9.55 Å². The molecule has 3 N–H and O–H groups in total. The zero-order valence-electron chi connectivity index (χ0n) is 14.2. The number of nitrogens with two attached hydrogens (primary N) is 1. The summed E-state index contributed by atoms with van der Waals surface area (Å²) in [5, 5.41) is 5.28. The van der Waals surface area contributed by atoms with E-state index in [-0.39, 0.29) is 6.17 Å². The number of fused-ring (bicyclic) bond motifs is 4. The van der Waals surface area contributed by atoms with Gasteiger partial charge in [-0.25, -0.2) is 9.98 Å². The van der Waals surface area contributed by atoms with Crippen molar-refractivity contribution < 1.29 is 4.74 Å². The van der Waals surface area contributed by atoms with Gasteiger partial charge in [0.25, 0.3) is 0 Å². The number of imidazole rings is 1. The van der Waals surface area contributed by atoms with Crippen LogP contribution in [0.5, 0.6) is 5.75 Å². The van der Waals surface area contributed by atoms with Gasteiger partial charge in [-0.2, -0.15) is 0 Å². The maximum absolute atomic E-state index is 6.08. The predicted molar refractivity (Wildman–Crippen MR) is 104 cm³/mol. The van der Waals surface area contributed by atoms with Crippen molar-refractivity contribution >= 4 is 33.7 Å². The molecule has 1 aliphatic heterocycles. The van der Waals surface area contributed by atoms with Crippen molar-refractivity contribution in [2.24, 2.45) is 10.7 Å². The van der Waals surface area contributed by atoms with E-state index in [1.54, 1.807) is 7.11 Å². The van der Waals surface area contributed by atoms with Gasteiger partial charge in [0.05, 0.1) is 18.1 Å². The molecule has 0 amide bonds. The lowest BCUT2D eigenvalue weighted by Crippen LogP contribution is -2.31. The summed E-state index contributed by atoms with van der Waals surface area (Å²) in [6, 6.07) is 20.2. The molecule has 2 heterocycles. The number of ether oxygens (including phenoxy) is 1. The second-order valence-electron chi connectivity index (χ2n) is 6.21. The van der Waals surface area contributed by atoms with Crippen LogP contribution in [-0.4, -0.2) is 22.6 Å². The van der Waals surface area contributed by atoms with Crippen molar-refractivity contribution in [3.8, 4) is 5.75 Å². The average molecular weight is 343 g/mol. The molecule has 6 nitrogen and oxygen atoms in total. The van der Waals surface area contributed by atoms with Gasteiger partial charge >= 0.3 is 0 Å². The highest BCUT2D eigenvalue weighted by atomic mass is 16.5. The van der Waals surface area contributed by atoms with Crippen LogP contribution in [0, 0.1) is 0 Å². The molecule has 1 atom stereocenters. The molecule has 1 unspecified atom stereocenters. The van der Waals surface area contributed by atoms with Crippen LogP contribution in [0.15, 0.2) is 65.7 Å². The lowest BCUT2D eigenvalue weighted by Gasteiger charge is -2.26. The number of guanidine groups is 1. The van der Waals surface area contributed by atoms with Crippen molar-refractivity contribution in [3.63, 3.8) is 0 Å². The van der Waals surface area contributed by atoms with Gasteiger partial charge in [-0.15, -0.1) is 0 Å². The molecule has 1 aliphatic rings. The molecule has 0 saturated carbocycles. The largest absolute Gasteiger partial charge is 0.496 e. The quantitative estimate of drug-likeness (QED) is 0.584. The van der Waals surface area contributed by atoms with E-state index in [1.807, 2.05) is 42.5 Å². The summed E-state index contributed by atoms with van der Waals surface area (Å²) < 4.78 is 7.75. The monoisotopic (exact) mass is 343 g/mol. The summed E-state index contributed by atoms with van der Waals surface area (Å²) in [4.78, 5) is 9.37. The second kappa shape index (κ2) is 5.49. The SMILES string of the molecule is COc1ccc2ccccc2c1C1N=C(N)Nc2nc3ccccc3n21.